The van der Waals surface area contributed by atoms with E-state index >= 15 is 0 Å². The molecule has 2 aliphatic heterocycles. The van der Waals surface area contributed by atoms with E-state index in [1.807, 2.05) is 25.1 Å². The lowest BCUT2D eigenvalue weighted by atomic mass is 9.93. The fourth-order valence-corrected chi connectivity index (χ4v) is 4.22. The average molecular weight is 374 g/mol. The minimum absolute atomic E-state index is 0.0218. The SMILES string of the molecule is CCC1CC(NC(=O)c2ccc(OCCCC3CCNCC3)cc2C)CN1. The maximum atomic E-state index is 12.6. The largest absolute Gasteiger partial charge is 0.494 e. The van der Waals surface area contributed by atoms with Crippen molar-refractivity contribution >= 4 is 5.91 Å². The second-order valence-corrected chi connectivity index (χ2v) is 8.08. The van der Waals surface area contributed by atoms with Gasteiger partial charge in [-0.25, -0.2) is 0 Å². The van der Waals surface area contributed by atoms with Crippen LogP contribution >= 0.6 is 0 Å². The summed E-state index contributed by atoms with van der Waals surface area (Å²) in [6.07, 6.45) is 7.04. The van der Waals surface area contributed by atoms with E-state index < -0.39 is 0 Å². The number of hydrogen-bond donors (Lipinski definition) is 3. The molecule has 1 amide bonds. The first-order valence-corrected chi connectivity index (χ1v) is 10.6. The minimum atomic E-state index is 0.0218. The van der Waals surface area contributed by atoms with Crippen molar-refractivity contribution in [2.24, 2.45) is 5.92 Å². The highest BCUT2D eigenvalue weighted by Gasteiger charge is 2.24. The van der Waals surface area contributed by atoms with Gasteiger partial charge < -0.3 is 20.7 Å². The van der Waals surface area contributed by atoms with E-state index in [-0.39, 0.29) is 11.9 Å². The lowest BCUT2D eigenvalue weighted by Gasteiger charge is -2.22. The van der Waals surface area contributed by atoms with Gasteiger partial charge in [-0.05, 0) is 88.2 Å². The third-order valence-electron chi connectivity index (χ3n) is 5.98. The first-order valence-electron chi connectivity index (χ1n) is 10.6. The third-order valence-corrected chi connectivity index (χ3v) is 5.98. The molecule has 0 aliphatic carbocycles. The molecule has 2 atom stereocenters. The quantitative estimate of drug-likeness (QED) is 0.613. The normalized spacial score (nSPS) is 23.3. The van der Waals surface area contributed by atoms with Crippen LogP contribution in [0.5, 0.6) is 5.75 Å². The van der Waals surface area contributed by atoms with Crippen LogP contribution in [0.3, 0.4) is 0 Å². The summed E-state index contributed by atoms with van der Waals surface area (Å²) in [5, 5.41) is 10.0. The predicted octanol–water partition coefficient (Wildman–Crippen LogP) is 3.02. The molecule has 5 heteroatoms. The molecule has 0 saturated carbocycles. The first-order chi connectivity index (χ1) is 13.2. The number of rotatable bonds is 8. The van der Waals surface area contributed by atoms with Gasteiger partial charge in [0.05, 0.1) is 6.61 Å². The van der Waals surface area contributed by atoms with Gasteiger partial charge in [-0.3, -0.25) is 4.79 Å². The van der Waals surface area contributed by atoms with E-state index in [2.05, 4.69) is 22.9 Å². The topological polar surface area (TPSA) is 62.4 Å². The molecule has 5 nitrogen and oxygen atoms in total. The minimum Gasteiger partial charge on any atom is -0.494 e. The summed E-state index contributed by atoms with van der Waals surface area (Å²) < 4.78 is 5.92. The zero-order valence-corrected chi connectivity index (χ0v) is 16.9. The van der Waals surface area contributed by atoms with Crippen LogP contribution in [0.15, 0.2) is 18.2 Å². The van der Waals surface area contributed by atoms with Gasteiger partial charge in [0.15, 0.2) is 0 Å². The van der Waals surface area contributed by atoms with Crippen molar-refractivity contribution < 1.29 is 9.53 Å². The van der Waals surface area contributed by atoms with E-state index in [0.29, 0.717) is 6.04 Å². The van der Waals surface area contributed by atoms with Gasteiger partial charge in [0.1, 0.15) is 5.75 Å². The van der Waals surface area contributed by atoms with Crippen molar-refractivity contribution in [1.29, 1.82) is 0 Å². The molecule has 2 unspecified atom stereocenters. The summed E-state index contributed by atoms with van der Waals surface area (Å²) in [7, 11) is 0. The van der Waals surface area contributed by atoms with Crippen molar-refractivity contribution in [3.63, 3.8) is 0 Å². The first kappa shape index (κ1) is 20.2. The maximum absolute atomic E-state index is 12.6. The van der Waals surface area contributed by atoms with Crippen LogP contribution in [0, 0.1) is 12.8 Å². The summed E-state index contributed by atoms with van der Waals surface area (Å²) in [5.74, 6) is 1.73. The molecule has 3 rings (SSSR count). The molecule has 0 aromatic heterocycles. The Kier molecular flexibility index (Phi) is 7.53. The summed E-state index contributed by atoms with van der Waals surface area (Å²) in [6, 6.07) is 6.56. The molecule has 2 heterocycles. The monoisotopic (exact) mass is 373 g/mol. The van der Waals surface area contributed by atoms with Gasteiger partial charge in [-0.1, -0.05) is 6.92 Å². The van der Waals surface area contributed by atoms with Gasteiger partial charge >= 0.3 is 0 Å². The molecular weight excluding hydrogens is 338 g/mol. The third kappa shape index (κ3) is 5.94. The highest BCUT2D eigenvalue weighted by molar-refractivity contribution is 5.96. The van der Waals surface area contributed by atoms with Crippen molar-refractivity contribution in [3.8, 4) is 5.75 Å². The highest BCUT2D eigenvalue weighted by atomic mass is 16.5. The molecule has 150 valence electrons. The molecule has 27 heavy (non-hydrogen) atoms. The molecule has 2 saturated heterocycles. The maximum Gasteiger partial charge on any atom is 0.251 e. The fraction of sp³-hybridized carbons (Fsp3) is 0.682. The summed E-state index contributed by atoms with van der Waals surface area (Å²) in [4.78, 5) is 12.6. The zero-order valence-electron chi connectivity index (χ0n) is 16.9. The standard InChI is InChI=1S/C22H35N3O2/c1-3-18-14-19(15-24-18)25-22(26)21-7-6-20(13-16(21)2)27-12-4-5-17-8-10-23-11-9-17/h6-7,13,17-19,23-24H,3-5,8-12,14-15H2,1-2H3,(H,25,26). The predicted molar refractivity (Wildman–Crippen MR) is 109 cm³/mol. The lowest BCUT2D eigenvalue weighted by Crippen LogP contribution is -2.36. The Morgan fingerprint density at radius 2 is 2.11 bits per heavy atom. The van der Waals surface area contributed by atoms with E-state index in [9.17, 15) is 4.79 Å². The number of benzene rings is 1. The average Bonchev–Trinajstić information content (AvgIpc) is 3.13. The van der Waals surface area contributed by atoms with Crippen LogP contribution in [0.4, 0.5) is 0 Å². The number of carbonyl (C=O) groups excluding carboxylic acids is 1. The molecular formula is C22H35N3O2. The number of piperidine rings is 1. The number of hydrogen-bond acceptors (Lipinski definition) is 4. The molecule has 0 bridgehead atoms. The second kappa shape index (κ2) is 10.1. The van der Waals surface area contributed by atoms with Crippen molar-refractivity contribution in [2.75, 3.05) is 26.2 Å². The van der Waals surface area contributed by atoms with E-state index in [4.69, 9.17) is 4.74 Å². The number of aryl methyl sites for hydroxylation is 1. The summed E-state index contributed by atoms with van der Waals surface area (Å²) in [6.45, 7) is 8.09. The number of nitrogens with one attached hydrogen (secondary N) is 3. The smallest absolute Gasteiger partial charge is 0.251 e. The Bertz CT molecular complexity index is 614. The lowest BCUT2D eigenvalue weighted by molar-refractivity contribution is 0.0939. The number of carbonyl (C=O) groups is 1. The fourth-order valence-electron chi connectivity index (χ4n) is 4.22. The van der Waals surface area contributed by atoms with Gasteiger partial charge in [-0.15, -0.1) is 0 Å². The van der Waals surface area contributed by atoms with Crippen molar-refractivity contribution in [1.82, 2.24) is 16.0 Å². The van der Waals surface area contributed by atoms with Gasteiger partial charge in [-0.2, -0.15) is 0 Å². The Morgan fingerprint density at radius 1 is 1.30 bits per heavy atom. The van der Waals surface area contributed by atoms with Crippen LogP contribution in [0.2, 0.25) is 0 Å². The Balaban J connectivity index is 1.43. The Morgan fingerprint density at radius 3 is 2.81 bits per heavy atom. The Hall–Kier alpha value is -1.59. The van der Waals surface area contributed by atoms with Crippen molar-refractivity contribution in [2.45, 2.75) is 64.5 Å². The molecule has 2 aliphatic rings. The van der Waals surface area contributed by atoms with Gasteiger partial charge in [0, 0.05) is 24.2 Å². The highest BCUT2D eigenvalue weighted by Crippen LogP contribution is 2.21. The summed E-state index contributed by atoms with van der Waals surface area (Å²) >= 11 is 0. The molecule has 3 N–H and O–H groups in total. The van der Waals surface area contributed by atoms with E-state index in [1.54, 1.807) is 0 Å². The van der Waals surface area contributed by atoms with Crippen LogP contribution in [0.25, 0.3) is 0 Å². The molecule has 0 radical (unpaired) electrons. The molecule has 1 aromatic rings. The number of ether oxygens (including phenoxy) is 1. The van der Waals surface area contributed by atoms with E-state index in [1.165, 1.54) is 19.3 Å². The van der Waals surface area contributed by atoms with E-state index in [0.717, 1.165) is 68.3 Å². The molecule has 1 aromatic carbocycles. The summed E-state index contributed by atoms with van der Waals surface area (Å²) in [5.41, 5.74) is 1.72. The molecule has 2 fully saturated rings. The van der Waals surface area contributed by atoms with Crippen LogP contribution in [0.1, 0.15) is 61.4 Å². The second-order valence-electron chi connectivity index (χ2n) is 8.08. The number of amides is 1. The van der Waals surface area contributed by atoms with Gasteiger partial charge in [0.25, 0.3) is 5.91 Å². The zero-order chi connectivity index (χ0) is 19.1. The van der Waals surface area contributed by atoms with Crippen LogP contribution in [-0.4, -0.2) is 44.2 Å². The van der Waals surface area contributed by atoms with Gasteiger partial charge in [0.2, 0.25) is 0 Å². The van der Waals surface area contributed by atoms with Crippen LogP contribution in [-0.2, 0) is 0 Å². The molecule has 0 spiro atoms. The Labute approximate surface area is 163 Å². The van der Waals surface area contributed by atoms with Crippen LogP contribution < -0.4 is 20.7 Å². The van der Waals surface area contributed by atoms with Crippen molar-refractivity contribution in [3.05, 3.63) is 29.3 Å².